The fourth-order valence-electron chi connectivity index (χ4n) is 6.50. The van der Waals surface area contributed by atoms with Crippen molar-refractivity contribution in [1.82, 2.24) is 4.57 Å². The summed E-state index contributed by atoms with van der Waals surface area (Å²) < 4.78 is 5.23. The lowest BCUT2D eigenvalue weighted by molar-refractivity contribution is -0.704. The lowest BCUT2D eigenvalue weighted by Crippen LogP contribution is -2.37. The van der Waals surface area contributed by atoms with E-state index in [1.54, 1.807) is 5.82 Å². The van der Waals surface area contributed by atoms with Gasteiger partial charge in [-0.2, -0.15) is 0 Å². The second-order valence-corrected chi connectivity index (χ2v) is 13.4. The number of rotatable bonds is 33. The van der Waals surface area contributed by atoms with Gasteiger partial charge in [-0.3, -0.25) is 0 Å². The lowest BCUT2D eigenvalue weighted by Gasteiger charge is -2.07. The number of hydrogen-bond acceptors (Lipinski definition) is 0. The topological polar surface area (TPSA) is 8.81 Å². The maximum Gasteiger partial charge on any atom is 0.256 e. The molecule has 0 radical (unpaired) electrons. The minimum Gasteiger partial charge on any atom is -0.234 e. The first-order valence-corrected chi connectivity index (χ1v) is 19.4. The van der Waals surface area contributed by atoms with Gasteiger partial charge in [0.05, 0.1) is 13.1 Å². The largest absolute Gasteiger partial charge is 0.256 e. The van der Waals surface area contributed by atoms with E-state index in [9.17, 15) is 0 Å². The molecule has 0 unspecified atom stereocenters. The summed E-state index contributed by atoms with van der Waals surface area (Å²) in [6.07, 6.45) is 48.9. The molecule has 242 valence electrons. The summed E-state index contributed by atoms with van der Waals surface area (Å²) in [5.41, 5.74) is 0. The molecule has 2 nitrogen and oxygen atoms in total. The number of aromatic nitrogens is 2. The Labute approximate surface area is 259 Å². The zero-order valence-corrected chi connectivity index (χ0v) is 28.9. The predicted molar refractivity (Wildman–Crippen MR) is 184 cm³/mol. The Morgan fingerprint density at radius 1 is 0.415 bits per heavy atom. The molecular formula is C39H77N2+. The van der Waals surface area contributed by atoms with Crippen molar-refractivity contribution in [2.45, 2.75) is 233 Å². The van der Waals surface area contributed by atoms with Crippen LogP contribution in [0.5, 0.6) is 0 Å². The van der Waals surface area contributed by atoms with Crippen LogP contribution in [0.3, 0.4) is 0 Å². The van der Waals surface area contributed by atoms with Gasteiger partial charge in [-0.1, -0.05) is 181 Å². The fraction of sp³-hybridized carbons (Fsp3) is 0.923. The summed E-state index contributed by atoms with van der Waals surface area (Å²) in [5.74, 6) is 1.62. The van der Waals surface area contributed by atoms with Gasteiger partial charge >= 0.3 is 0 Å². The monoisotopic (exact) mass is 574 g/mol. The molecule has 0 bridgehead atoms. The van der Waals surface area contributed by atoms with Crippen LogP contribution in [0.4, 0.5) is 0 Å². The molecule has 41 heavy (non-hydrogen) atoms. The lowest BCUT2D eigenvalue weighted by atomic mass is 10.0. The highest BCUT2D eigenvalue weighted by atomic mass is 15.1. The van der Waals surface area contributed by atoms with Crippen LogP contribution in [0.15, 0.2) is 12.4 Å². The van der Waals surface area contributed by atoms with Gasteiger partial charge in [0.2, 0.25) is 0 Å². The maximum atomic E-state index is 2.62. The second-order valence-electron chi connectivity index (χ2n) is 13.4. The van der Waals surface area contributed by atoms with Crippen molar-refractivity contribution in [2.24, 2.45) is 0 Å². The first-order valence-electron chi connectivity index (χ1n) is 19.4. The number of aryl methyl sites for hydroxylation is 2. The summed E-state index contributed by atoms with van der Waals surface area (Å²) in [4.78, 5) is 0. The molecular weight excluding hydrogens is 496 g/mol. The average molecular weight is 574 g/mol. The molecule has 0 amide bonds. The zero-order chi connectivity index (χ0) is 29.5. The van der Waals surface area contributed by atoms with Gasteiger partial charge < -0.3 is 0 Å². The molecule has 0 fully saturated rings. The molecule has 0 saturated heterocycles. The van der Waals surface area contributed by atoms with E-state index in [1.165, 1.54) is 212 Å². The van der Waals surface area contributed by atoms with Crippen LogP contribution in [0.25, 0.3) is 0 Å². The highest BCUT2D eigenvalue weighted by Gasteiger charge is 2.16. The molecule has 1 rings (SSSR count). The first-order chi connectivity index (χ1) is 20.3. The van der Waals surface area contributed by atoms with E-state index in [1.807, 2.05) is 0 Å². The predicted octanol–water partition coefficient (Wildman–Crippen LogP) is 13.1. The number of imidazole rings is 1. The van der Waals surface area contributed by atoms with Gasteiger partial charge in [0.25, 0.3) is 5.82 Å². The third-order valence-electron chi connectivity index (χ3n) is 9.35. The Morgan fingerprint density at radius 3 is 1.17 bits per heavy atom. The molecule has 0 spiro atoms. The van der Waals surface area contributed by atoms with Crippen LogP contribution < -0.4 is 4.57 Å². The highest BCUT2D eigenvalue weighted by Crippen LogP contribution is 2.15. The first kappa shape index (κ1) is 38.2. The quantitative estimate of drug-likeness (QED) is 0.0584. The molecule has 0 aliphatic rings. The number of unbranched alkanes of at least 4 members (excludes halogenated alkanes) is 27. The maximum absolute atomic E-state index is 2.62. The van der Waals surface area contributed by atoms with E-state index >= 15 is 0 Å². The molecule has 0 saturated carbocycles. The Kier molecular flexibility index (Phi) is 28.6. The van der Waals surface area contributed by atoms with E-state index < -0.39 is 0 Å². The van der Waals surface area contributed by atoms with Crippen molar-refractivity contribution in [3.63, 3.8) is 0 Å². The van der Waals surface area contributed by atoms with E-state index in [-0.39, 0.29) is 0 Å². The van der Waals surface area contributed by atoms with Crippen molar-refractivity contribution < 1.29 is 4.57 Å². The van der Waals surface area contributed by atoms with Gasteiger partial charge in [-0.05, 0) is 32.1 Å². The summed E-state index contributed by atoms with van der Waals surface area (Å²) >= 11 is 0. The molecule has 0 aliphatic heterocycles. The highest BCUT2D eigenvalue weighted by molar-refractivity contribution is 4.84. The van der Waals surface area contributed by atoms with E-state index in [0.717, 1.165) is 0 Å². The van der Waals surface area contributed by atoms with Gasteiger partial charge in [-0.15, -0.1) is 0 Å². The molecule has 2 heteroatoms. The summed E-state index contributed by atoms with van der Waals surface area (Å²) in [5, 5.41) is 0. The fourth-order valence-corrected chi connectivity index (χ4v) is 6.50. The van der Waals surface area contributed by atoms with Crippen LogP contribution in [0.2, 0.25) is 0 Å². The minimum atomic E-state index is 1.22. The van der Waals surface area contributed by atoms with Crippen molar-refractivity contribution in [2.75, 3.05) is 0 Å². The Balaban J connectivity index is 2.17. The smallest absolute Gasteiger partial charge is 0.234 e. The average Bonchev–Trinajstić information content (AvgIpc) is 3.37. The molecule has 1 heterocycles. The molecule has 0 aliphatic carbocycles. The van der Waals surface area contributed by atoms with Crippen LogP contribution in [0, 0.1) is 0 Å². The molecule has 0 N–H and O–H groups in total. The second kappa shape index (κ2) is 30.7. The van der Waals surface area contributed by atoms with E-state index in [4.69, 9.17) is 0 Å². The SMILES string of the molecule is CCCCCCCCCCCCCCCCCCCc1n(CCCCCCC)cc[n+]1CCCCCCCCCC. The van der Waals surface area contributed by atoms with Gasteiger partial charge in [-0.25, -0.2) is 9.13 Å². The summed E-state index contributed by atoms with van der Waals surface area (Å²) in [7, 11) is 0. The Bertz CT molecular complexity index is 634. The van der Waals surface area contributed by atoms with Gasteiger partial charge in [0, 0.05) is 6.42 Å². The third kappa shape index (κ3) is 23.4. The normalized spacial score (nSPS) is 11.6. The van der Waals surface area contributed by atoms with E-state index in [2.05, 4.69) is 42.3 Å². The van der Waals surface area contributed by atoms with Crippen molar-refractivity contribution >= 4 is 0 Å². The zero-order valence-electron chi connectivity index (χ0n) is 28.9. The molecule has 0 aromatic carbocycles. The van der Waals surface area contributed by atoms with Crippen molar-refractivity contribution in [3.8, 4) is 0 Å². The minimum absolute atomic E-state index is 1.22. The molecule has 0 atom stereocenters. The van der Waals surface area contributed by atoms with Crippen molar-refractivity contribution in [1.29, 1.82) is 0 Å². The van der Waals surface area contributed by atoms with Crippen LogP contribution >= 0.6 is 0 Å². The third-order valence-corrected chi connectivity index (χ3v) is 9.35. The Hall–Kier alpha value is -0.790. The Morgan fingerprint density at radius 2 is 0.756 bits per heavy atom. The van der Waals surface area contributed by atoms with Crippen LogP contribution in [-0.4, -0.2) is 4.57 Å². The van der Waals surface area contributed by atoms with Crippen LogP contribution in [0.1, 0.15) is 219 Å². The standard InChI is InChI=1S/C39H77N2/c1-4-7-10-13-15-17-18-19-20-21-22-23-24-25-26-28-31-34-39-40(35-32-29-12-9-6-3)37-38-41(39)36-33-30-27-16-14-11-8-5-2/h37-38H,4-36H2,1-3H3/q+1. The number of hydrogen-bond donors (Lipinski definition) is 0. The molecule has 1 aromatic rings. The molecule has 1 aromatic heterocycles. The summed E-state index contributed by atoms with van der Waals surface area (Å²) in [6, 6.07) is 0. The summed E-state index contributed by atoms with van der Waals surface area (Å²) in [6.45, 7) is 9.39. The van der Waals surface area contributed by atoms with Crippen LogP contribution in [-0.2, 0) is 19.5 Å². The van der Waals surface area contributed by atoms with Gasteiger partial charge in [0.15, 0.2) is 0 Å². The van der Waals surface area contributed by atoms with Gasteiger partial charge in [0.1, 0.15) is 12.4 Å². The van der Waals surface area contributed by atoms with Crippen molar-refractivity contribution in [3.05, 3.63) is 18.2 Å². The number of nitrogens with zero attached hydrogens (tertiary/aromatic N) is 2. The van der Waals surface area contributed by atoms with E-state index in [0.29, 0.717) is 0 Å².